The Hall–Kier alpha value is -3.32. The molecule has 0 radical (unpaired) electrons. The van der Waals surface area contributed by atoms with E-state index in [0.717, 1.165) is 71.6 Å². The number of carbonyl (C=O) groups is 2. The maximum atomic E-state index is 13.0. The molecule has 38 heavy (non-hydrogen) atoms. The minimum Gasteiger partial charge on any atom is -0.381 e. The van der Waals surface area contributed by atoms with Gasteiger partial charge in [-0.2, -0.15) is 5.26 Å². The third-order valence-corrected chi connectivity index (χ3v) is 7.96. The van der Waals surface area contributed by atoms with Crippen LogP contribution in [0, 0.1) is 11.3 Å². The van der Waals surface area contributed by atoms with E-state index in [4.69, 9.17) is 10.00 Å². The number of hydrogen-bond acceptors (Lipinski definition) is 7. The summed E-state index contributed by atoms with van der Waals surface area (Å²) in [6.07, 6.45) is 5.41. The number of carbonyl (C=O) groups excluding carboxylic acids is 2. The molecule has 1 aromatic heterocycles. The van der Waals surface area contributed by atoms with E-state index in [9.17, 15) is 9.59 Å². The Balaban J connectivity index is 1.06. The molecule has 200 valence electrons. The smallest absolute Gasteiger partial charge is 0.270 e. The van der Waals surface area contributed by atoms with Crippen molar-refractivity contribution in [2.45, 2.75) is 44.3 Å². The third-order valence-electron chi connectivity index (χ3n) is 7.96. The standard InChI is InChI=1S/C29H36N6O3/c30-19-22-1-3-23(4-2-22)21-33-11-7-25(8-12-33)32-28(36)27-6-5-24(20-31-27)29(37)35-15-13-34(14-16-35)26-9-17-38-18-10-26/h1-6,20,25-26H,7-18,21H2,(H,32,36). The molecular formula is C29H36N6O3. The summed E-state index contributed by atoms with van der Waals surface area (Å²) >= 11 is 0. The summed E-state index contributed by atoms with van der Waals surface area (Å²) in [7, 11) is 0. The molecule has 1 N–H and O–H groups in total. The fourth-order valence-corrected chi connectivity index (χ4v) is 5.62. The second-order valence-corrected chi connectivity index (χ2v) is 10.4. The Morgan fingerprint density at radius 2 is 1.66 bits per heavy atom. The van der Waals surface area contributed by atoms with Crippen LogP contribution in [-0.2, 0) is 11.3 Å². The van der Waals surface area contributed by atoms with Crippen LogP contribution < -0.4 is 5.32 Å². The minimum absolute atomic E-state index is 0.0225. The van der Waals surface area contributed by atoms with Crippen LogP contribution in [0.5, 0.6) is 0 Å². The summed E-state index contributed by atoms with van der Waals surface area (Å²) in [6, 6.07) is 13.9. The second kappa shape index (κ2) is 12.5. The number of piperidine rings is 1. The maximum Gasteiger partial charge on any atom is 0.270 e. The summed E-state index contributed by atoms with van der Waals surface area (Å²) in [5, 5.41) is 12.1. The highest BCUT2D eigenvalue weighted by molar-refractivity contribution is 5.96. The van der Waals surface area contributed by atoms with Gasteiger partial charge in [-0.3, -0.25) is 24.4 Å². The number of nitriles is 1. The maximum absolute atomic E-state index is 13.0. The van der Waals surface area contributed by atoms with Gasteiger partial charge < -0.3 is 15.0 Å². The number of pyridine rings is 1. The number of piperazine rings is 1. The molecule has 0 atom stereocenters. The summed E-state index contributed by atoms with van der Waals surface area (Å²) in [5.74, 6) is -0.217. The van der Waals surface area contributed by atoms with Crippen molar-refractivity contribution in [2.75, 3.05) is 52.5 Å². The third kappa shape index (κ3) is 6.57. The number of amides is 2. The molecule has 3 aliphatic heterocycles. The van der Waals surface area contributed by atoms with Crippen LogP contribution in [0.25, 0.3) is 0 Å². The average molecular weight is 517 g/mol. The minimum atomic E-state index is -0.195. The van der Waals surface area contributed by atoms with Crippen molar-refractivity contribution in [3.8, 4) is 6.07 Å². The summed E-state index contributed by atoms with van der Waals surface area (Å²) in [5.41, 5.74) is 2.72. The van der Waals surface area contributed by atoms with E-state index in [2.05, 4.69) is 26.2 Å². The fourth-order valence-electron chi connectivity index (χ4n) is 5.62. The first-order valence-corrected chi connectivity index (χ1v) is 13.7. The van der Waals surface area contributed by atoms with Crippen molar-refractivity contribution in [1.29, 1.82) is 5.26 Å². The van der Waals surface area contributed by atoms with Gasteiger partial charge in [-0.1, -0.05) is 12.1 Å². The number of nitrogens with one attached hydrogen (secondary N) is 1. The van der Waals surface area contributed by atoms with E-state index in [-0.39, 0.29) is 17.9 Å². The van der Waals surface area contributed by atoms with Crippen molar-refractivity contribution in [3.05, 3.63) is 65.0 Å². The summed E-state index contributed by atoms with van der Waals surface area (Å²) in [4.78, 5) is 36.8. The Morgan fingerprint density at radius 1 is 0.947 bits per heavy atom. The molecule has 0 aliphatic carbocycles. The molecule has 1 aromatic carbocycles. The predicted molar refractivity (Wildman–Crippen MR) is 142 cm³/mol. The van der Waals surface area contributed by atoms with E-state index < -0.39 is 0 Å². The number of rotatable bonds is 6. The van der Waals surface area contributed by atoms with Gasteiger partial charge in [0, 0.05) is 77.3 Å². The quantitative estimate of drug-likeness (QED) is 0.629. The molecule has 3 saturated heterocycles. The monoisotopic (exact) mass is 516 g/mol. The fraction of sp³-hybridized carbons (Fsp3) is 0.517. The van der Waals surface area contributed by atoms with E-state index in [0.29, 0.717) is 36.0 Å². The molecule has 0 unspecified atom stereocenters. The molecule has 0 bridgehead atoms. The lowest BCUT2D eigenvalue weighted by molar-refractivity contribution is 0.0137. The van der Waals surface area contributed by atoms with Gasteiger partial charge in [0.1, 0.15) is 5.69 Å². The van der Waals surface area contributed by atoms with E-state index in [1.54, 1.807) is 12.1 Å². The van der Waals surface area contributed by atoms with Crippen molar-refractivity contribution < 1.29 is 14.3 Å². The van der Waals surface area contributed by atoms with Gasteiger partial charge in [0.05, 0.1) is 17.2 Å². The van der Waals surface area contributed by atoms with E-state index in [1.807, 2.05) is 29.2 Å². The predicted octanol–water partition coefficient (Wildman–Crippen LogP) is 2.28. The van der Waals surface area contributed by atoms with Gasteiger partial charge in [-0.25, -0.2) is 0 Å². The molecule has 2 amide bonds. The number of hydrogen-bond donors (Lipinski definition) is 1. The van der Waals surface area contributed by atoms with Crippen LogP contribution in [0.1, 0.15) is 57.7 Å². The first-order chi connectivity index (χ1) is 18.6. The highest BCUT2D eigenvalue weighted by Crippen LogP contribution is 2.18. The Labute approximate surface area is 224 Å². The van der Waals surface area contributed by atoms with Gasteiger partial charge in [0.15, 0.2) is 0 Å². The van der Waals surface area contributed by atoms with Crippen LogP contribution >= 0.6 is 0 Å². The van der Waals surface area contributed by atoms with Gasteiger partial charge >= 0.3 is 0 Å². The average Bonchev–Trinajstić information content (AvgIpc) is 2.99. The summed E-state index contributed by atoms with van der Waals surface area (Å²) < 4.78 is 5.47. The Morgan fingerprint density at radius 3 is 2.29 bits per heavy atom. The number of benzene rings is 1. The van der Waals surface area contributed by atoms with Crippen LogP contribution in [0.3, 0.4) is 0 Å². The molecule has 9 nitrogen and oxygen atoms in total. The Bertz CT molecular complexity index is 1120. The molecule has 0 spiro atoms. The lowest BCUT2D eigenvalue weighted by atomic mass is 10.0. The zero-order valence-electron chi connectivity index (χ0n) is 21.8. The van der Waals surface area contributed by atoms with Crippen LogP contribution in [0.15, 0.2) is 42.6 Å². The molecule has 0 saturated carbocycles. The van der Waals surface area contributed by atoms with E-state index in [1.165, 1.54) is 11.8 Å². The largest absolute Gasteiger partial charge is 0.381 e. The number of likely N-dealkylation sites (tertiary alicyclic amines) is 1. The summed E-state index contributed by atoms with van der Waals surface area (Å²) in [6.45, 7) is 7.48. The van der Waals surface area contributed by atoms with E-state index >= 15 is 0 Å². The van der Waals surface area contributed by atoms with Crippen molar-refractivity contribution in [1.82, 2.24) is 25.0 Å². The molecule has 9 heteroatoms. The topological polar surface area (TPSA) is 102 Å². The van der Waals surface area contributed by atoms with Crippen LogP contribution in [-0.4, -0.2) is 96.1 Å². The molecule has 4 heterocycles. The second-order valence-electron chi connectivity index (χ2n) is 10.4. The molecule has 3 aliphatic rings. The van der Waals surface area contributed by atoms with Gasteiger partial charge in [0.25, 0.3) is 11.8 Å². The number of aromatic nitrogens is 1. The molecule has 3 fully saturated rings. The zero-order chi connectivity index (χ0) is 26.3. The number of nitrogens with zero attached hydrogens (tertiary/aromatic N) is 5. The van der Waals surface area contributed by atoms with Crippen LogP contribution in [0.2, 0.25) is 0 Å². The highest BCUT2D eigenvalue weighted by atomic mass is 16.5. The van der Waals surface area contributed by atoms with Crippen molar-refractivity contribution in [3.63, 3.8) is 0 Å². The molecule has 5 rings (SSSR count). The zero-order valence-corrected chi connectivity index (χ0v) is 21.8. The SMILES string of the molecule is N#Cc1ccc(CN2CCC(NC(=O)c3ccc(C(=O)N4CCN(C5CCOCC5)CC4)cn3)CC2)cc1. The lowest BCUT2D eigenvalue weighted by Gasteiger charge is -2.40. The first kappa shape index (κ1) is 26.3. The first-order valence-electron chi connectivity index (χ1n) is 13.7. The van der Waals surface area contributed by atoms with Gasteiger partial charge in [0.2, 0.25) is 0 Å². The number of ether oxygens (including phenoxy) is 1. The van der Waals surface area contributed by atoms with Gasteiger partial charge in [-0.15, -0.1) is 0 Å². The molecular weight excluding hydrogens is 480 g/mol. The Kier molecular flexibility index (Phi) is 8.64. The lowest BCUT2D eigenvalue weighted by Crippen LogP contribution is -2.53. The van der Waals surface area contributed by atoms with Crippen LogP contribution in [0.4, 0.5) is 0 Å². The van der Waals surface area contributed by atoms with Crippen molar-refractivity contribution in [2.24, 2.45) is 0 Å². The van der Waals surface area contributed by atoms with Crippen molar-refractivity contribution >= 4 is 11.8 Å². The normalized spacial score (nSPS) is 20.1. The molecule has 2 aromatic rings. The van der Waals surface area contributed by atoms with Gasteiger partial charge in [-0.05, 0) is 55.5 Å². The highest BCUT2D eigenvalue weighted by Gasteiger charge is 2.28.